The van der Waals surface area contributed by atoms with Crippen LogP contribution in [0.3, 0.4) is 0 Å². The summed E-state index contributed by atoms with van der Waals surface area (Å²) < 4.78 is 10.6. The van der Waals surface area contributed by atoms with Crippen molar-refractivity contribution in [2.24, 2.45) is 5.92 Å². The minimum Gasteiger partial charge on any atom is -0.489 e. The van der Waals surface area contributed by atoms with E-state index in [9.17, 15) is 9.59 Å². The Kier molecular flexibility index (Phi) is 4.67. The highest BCUT2D eigenvalue weighted by Crippen LogP contribution is 2.55. The maximum atomic E-state index is 12.3. The number of rotatable bonds is 6. The zero-order valence-corrected chi connectivity index (χ0v) is 13.6. The highest BCUT2D eigenvalue weighted by molar-refractivity contribution is 5.97. The Labute approximate surface area is 144 Å². The summed E-state index contributed by atoms with van der Waals surface area (Å²) in [7, 11) is 1.28. The lowest BCUT2D eigenvalue weighted by molar-refractivity contribution is -0.146. The molecule has 1 aromatic carbocycles. The molecule has 7 nitrogen and oxygen atoms in total. The number of benzene rings is 1. The molecule has 2 aromatic rings. The Morgan fingerprint density at radius 3 is 2.76 bits per heavy atom. The highest BCUT2D eigenvalue weighted by Gasteiger charge is 2.65. The second-order valence-corrected chi connectivity index (χ2v) is 5.87. The van der Waals surface area contributed by atoms with Crippen LogP contribution in [0.25, 0.3) is 0 Å². The molecule has 2 N–H and O–H groups in total. The Hall–Kier alpha value is -2.93. The molecule has 130 valence electrons. The maximum Gasteiger partial charge on any atom is 0.317 e. The van der Waals surface area contributed by atoms with Crippen molar-refractivity contribution in [2.45, 2.75) is 18.4 Å². The van der Waals surface area contributed by atoms with Crippen molar-refractivity contribution in [1.29, 1.82) is 0 Å². The molecule has 0 aliphatic heterocycles. The van der Waals surface area contributed by atoms with Crippen molar-refractivity contribution in [3.05, 3.63) is 59.9 Å². The second kappa shape index (κ2) is 6.90. The number of amides is 1. The number of nitrogens with zero attached hydrogens (tertiary/aromatic N) is 1. The van der Waals surface area contributed by atoms with Crippen LogP contribution in [0.5, 0.6) is 5.75 Å². The average molecular weight is 342 g/mol. The van der Waals surface area contributed by atoms with Gasteiger partial charge in [0.2, 0.25) is 5.91 Å². The molecule has 0 bridgehead atoms. The number of aromatic nitrogens is 1. The summed E-state index contributed by atoms with van der Waals surface area (Å²) in [4.78, 5) is 28.0. The summed E-state index contributed by atoms with van der Waals surface area (Å²) in [6.07, 6.45) is 3.65. The second-order valence-electron chi connectivity index (χ2n) is 5.87. The van der Waals surface area contributed by atoms with Gasteiger partial charge in [-0.2, -0.15) is 0 Å². The molecular formula is C18H18N2O5. The van der Waals surface area contributed by atoms with Crippen molar-refractivity contribution < 1.29 is 24.3 Å². The Balaban J connectivity index is 1.82. The van der Waals surface area contributed by atoms with E-state index in [0.29, 0.717) is 17.9 Å². The molecule has 2 atom stereocenters. The van der Waals surface area contributed by atoms with Gasteiger partial charge in [0.25, 0.3) is 0 Å². The number of nitrogens with one attached hydrogen (secondary N) is 1. The molecule has 1 aromatic heterocycles. The first-order valence-electron chi connectivity index (χ1n) is 7.76. The number of pyridine rings is 1. The molecule has 0 unspecified atom stereocenters. The van der Waals surface area contributed by atoms with Gasteiger partial charge in [0.1, 0.15) is 17.8 Å². The van der Waals surface area contributed by atoms with Crippen molar-refractivity contribution in [1.82, 2.24) is 10.5 Å². The van der Waals surface area contributed by atoms with E-state index in [-0.39, 0.29) is 6.42 Å². The fourth-order valence-corrected chi connectivity index (χ4v) is 3.01. The maximum absolute atomic E-state index is 12.3. The van der Waals surface area contributed by atoms with E-state index in [1.54, 1.807) is 42.1 Å². The van der Waals surface area contributed by atoms with E-state index in [4.69, 9.17) is 14.7 Å². The molecular weight excluding hydrogens is 324 g/mol. The Bertz CT molecular complexity index is 780. The molecule has 1 saturated carbocycles. The Morgan fingerprint density at radius 1 is 1.32 bits per heavy atom. The van der Waals surface area contributed by atoms with Gasteiger partial charge in [0, 0.05) is 12.4 Å². The number of ether oxygens (including phenoxy) is 2. The lowest BCUT2D eigenvalue weighted by atomic mass is 9.92. The minimum atomic E-state index is -1.09. The van der Waals surface area contributed by atoms with Crippen molar-refractivity contribution in [3.8, 4) is 5.75 Å². The molecule has 1 heterocycles. The summed E-state index contributed by atoms with van der Waals surface area (Å²) in [6, 6.07) is 10.7. The predicted molar refractivity (Wildman–Crippen MR) is 86.7 cm³/mol. The van der Waals surface area contributed by atoms with E-state index in [1.165, 1.54) is 7.11 Å². The van der Waals surface area contributed by atoms with Crippen LogP contribution in [-0.4, -0.2) is 29.2 Å². The normalized spacial score (nSPS) is 21.3. The lowest BCUT2D eigenvalue weighted by Crippen LogP contribution is -2.31. The number of esters is 1. The van der Waals surface area contributed by atoms with Crippen LogP contribution in [-0.2, 0) is 26.3 Å². The molecule has 25 heavy (non-hydrogen) atoms. The van der Waals surface area contributed by atoms with E-state index >= 15 is 0 Å². The van der Waals surface area contributed by atoms with Crippen molar-refractivity contribution >= 4 is 11.9 Å². The monoisotopic (exact) mass is 342 g/mol. The van der Waals surface area contributed by atoms with Gasteiger partial charge in [-0.25, -0.2) is 5.48 Å². The summed E-state index contributed by atoms with van der Waals surface area (Å²) in [5.74, 6) is -1.20. The summed E-state index contributed by atoms with van der Waals surface area (Å²) in [6.45, 7) is 0.359. The van der Waals surface area contributed by atoms with Gasteiger partial charge in [-0.05, 0) is 41.8 Å². The first-order valence-corrected chi connectivity index (χ1v) is 7.76. The molecule has 0 radical (unpaired) electrons. The van der Waals surface area contributed by atoms with Gasteiger partial charge in [0.15, 0.2) is 0 Å². The molecule has 7 heteroatoms. The van der Waals surface area contributed by atoms with E-state index in [1.807, 2.05) is 12.1 Å². The summed E-state index contributed by atoms with van der Waals surface area (Å²) in [5.41, 5.74) is 2.11. The zero-order valence-electron chi connectivity index (χ0n) is 13.6. The van der Waals surface area contributed by atoms with Crippen molar-refractivity contribution in [2.75, 3.05) is 7.11 Å². The molecule has 0 saturated heterocycles. The standard InChI is InChI=1S/C18H18N2O5/c1-24-17(22)18(10-15(18)16(21)20-23)13-3-2-4-14(9-13)25-11-12-5-7-19-8-6-12/h2-9,15,23H,10-11H2,1H3,(H,20,21)/t15-,18-/m0/s1. The van der Waals surface area contributed by atoms with Crippen LogP contribution in [0.2, 0.25) is 0 Å². The van der Waals surface area contributed by atoms with Crippen LogP contribution in [0.1, 0.15) is 17.5 Å². The fourth-order valence-electron chi connectivity index (χ4n) is 3.01. The van der Waals surface area contributed by atoms with Gasteiger partial charge < -0.3 is 9.47 Å². The topological polar surface area (TPSA) is 97.8 Å². The van der Waals surface area contributed by atoms with Gasteiger partial charge in [0.05, 0.1) is 13.0 Å². The molecule has 0 spiro atoms. The quantitative estimate of drug-likeness (QED) is 0.470. The third kappa shape index (κ3) is 3.18. The van der Waals surface area contributed by atoms with Gasteiger partial charge in [-0.3, -0.25) is 19.8 Å². The first-order chi connectivity index (χ1) is 12.1. The molecule has 1 aliphatic rings. The predicted octanol–water partition coefficient (Wildman–Crippen LogP) is 1.60. The van der Waals surface area contributed by atoms with Gasteiger partial charge in [-0.15, -0.1) is 0 Å². The van der Waals surface area contributed by atoms with Gasteiger partial charge >= 0.3 is 5.97 Å². The SMILES string of the molecule is COC(=O)[C@]1(c2cccc(OCc3ccncc3)c2)C[C@H]1C(=O)NO. The van der Waals surface area contributed by atoms with Crippen LogP contribution in [0.4, 0.5) is 0 Å². The van der Waals surface area contributed by atoms with Crippen LogP contribution in [0, 0.1) is 5.92 Å². The smallest absolute Gasteiger partial charge is 0.317 e. The van der Waals surface area contributed by atoms with Gasteiger partial charge in [-0.1, -0.05) is 12.1 Å². The fraction of sp³-hybridized carbons (Fsp3) is 0.278. The van der Waals surface area contributed by atoms with Crippen LogP contribution >= 0.6 is 0 Å². The summed E-state index contributed by atoms with van der Waals surface area (Å²) >= 11 is 0. The number of hydroxylamine groups is 1. The number of hydrogen-bond donors (Lipinski definition) is 2. The first kappa shape index (κ1) is 16.9. The minimum absolute atomic E-state index is 0.278. The largest absolute Gasteiger partial charge is 0.489 e. The number of hydrogen-bond acceptors (Lipinski definition) is 6. The molecule has 1 aliphatic carbocycles. The zero-order chi connectivity index (χ0) is 17.9. The lowest BCUT2D eigenvalue weighted by Gasteiger charge is -2.16. The number of methoxy groups -OCH3 is 1. The van der Waals surface area contributed by atoms with Crippen LogP contribution < -0.4 is 10.2 Å². The summed E-state index contributed by atoms with van der Waals surface area (Å²) in [5, 5.41) is 8.86. The van der Waals surface area contributed by atoms with E-state index < -0.39 is 23.2 Å². The number of carbonyl (C=O) groups is 2. The van der Waals surface area contributed by atoms with E-state index in [0.717, 1.165) is 5.56 Å². The molecule has 1 fully saturated rings. The third-order valence-corrected chi connectivity index (χ3v) is 4.44. The molecule has 3 rings (SSSR count). The third-order valence-electron chi connectivity index (χ3n) is 4.44. The van der Waals surface area contributed by atoms with Crippen LogP contribution in [0.15, 0.2) is 48.8 Å². The average Bonchev–Trinajstić information content (AvgIpc) is 3.43. The van der Waals surface area contributed by atoms with Crippen molar-refractivity contribution in [3.63, 3.8) is 0 Å². The Morgan fingerprint density at radius 2 is 2.08 bits per heavy atom. The van der Waals surface area contributed by atoms with E-state index in [2.05, 4.69) is 4.98 Å². The highest BCUT2D eigenvalue weighted by atomic mass is 16.5. The number of carbonyl (C=O) groups excluding carboxylic acids is 2. The molecule has 1 amide bonds.